The Labute approximate surface area is 195 Å². The number of ether oxygens (including phenoxy) is 1. The first-order valence-corrected chi connectivity index (χ1v) is 11.0. The van der Waals surface area contributed by atoms with E-state index in [-0.39, 0.29) is 23.0 Å². The van der Waals surface area contributed by atoms with Crippen LogP contribution in [0.2, 0.25) is 0 Å². The molecule has 4 aromatic rings. The number of hydrogen-bond donors (Lipinski definition) is 3. The Morgan fingerprint density at radius 2 is 2.03 bits per heavy atom. The lowest BCUT2D eigenvalue weighted by molar-refractivity contribution is 0.100. The molecule has 0 unspecified atom stereocenters. The summed E-state index contributed by atoms with van der Waals surface area (Å²) in [6, 6.07) is 12.4. The smallest absolute Gasteiger partial charge is 0.304 e. The Hall–Kier alpha value is -4.21. The third-order valence-corrected chi connectivity index (χ3v) is 5.76. The molecule has 0 bridgehead atoms. The first-order valence-electron chi connectivity index (χ1n) is 11.0. The molecule has 0 saturated heterocycles. The van der Waals surface area contributed by atoms with Crippen LogP contribution >= 0.6 is 0 Å². The highest BCUT2D eigenvalue weighted by Crippen LogP contribution is 2.32. The number of nitrogens with one attached hydrogen (secondary N) is 2. The summed E-state index contributed by atoms with van der Waals surface area (Å²) < 4.78 is 21.4. The fourth-order valence-corrected chi connectivity index (χ4v) is 4.14. The minimum Gasteiger partial charge on any atom is -0.468 e. The van der Waals surface area contributed by atoms with E-state index in [2.05, 4.69) is 15.6 Å². The number of primary amides is 1. The van der Waals surface area contributed by atoms with Gasteiger partial charge in [0.05, 0.1) is 29.6 Å². The Morgan fingerprint density at radius 1 is 1.21 bits per heavy atom. The van der Waals surface area contributed by atoms with Gasteiger partial charge in [-0.05, 0) is 30.9 Å². The zero-order chi connectivity index (χ0) is 23.7. The van der Waals surface area contributed by atoms with E-state index in [1.165, 1.54) is 17.7 Å². The Kier molecular flexibility index (Phi) is 5.70. The molecule has 2 aromatic carbocycles. The molecule has 10 heteroatoms. The molecule has 0 fully saturated rings. The van der Waals surface area contributed by atoms with Crippen LogP contribution in [0, 0.1) is 5.82 Å². The van der Waals surface area contributed by atoms with Crippen LogP contribution in [0.15, 0.2) is 42.5 Å². The second kappa shape index (κ2) is 8.97. The average molecular weight is 462 g/mol. The molecule has 0 atom stereocenters. The molecule has 0 radical (unpaired) electrons. The van der Waals surface area contributed by atoms with Crippen molar-refractivity contribution < 1.29 is 13.9 Å². The summed E-state index contributed by atoms with van der Waals surface area (Å²) in [7, 11) is 1.44. The van der Waals surface area contributed by atoms with E-state index in [0.29, 0.717) is 17.9 Å². The number of anilines is 2. The molecular weight excluding hydrogens is 437 g/mol. The van der Waals surface area contributed by atoms with Crippen LogP contribution < -0.4 is 21.1 Å². The summed E-state index contributed by atoms with van der Waals surface area (Å²) in [6.45, 7) is 1.38. The first kappa shape index (κ1) is 21.6. The maximum Gasteiger partial charge on any atom is 0.304 e. The monoisotopic (exact) mass is 461 g/mol. The number of nitrogens with zero attached hydrogens (tertiary/aromatic N) is 4. The number of aryl methyl sites for hydroxylation is 1. The van der Waals surface area contributed by atoms with Crippen molar-refractivity contribution in [2.75, 3.05) is 24.3 Å². The third-order valence-electron chi connectivity index (χ3n) is 5.76. The predicted molar refractivity (Wildman–Crippen MR) is 127 cm³/mol. The van der Waals surface area contributed by atoms with Crippen molar-refractivity contribution in [3.05, 3.63) is 65.1 Å². The number of halogens is 1. The Balaban J connectivity index is 1.68. The number of carbonyl (C=O) groups is 1. The van der Waals surface area contributed by atoms with E-state index in [9.17, 15) is 9.18 Å². The molecule has 9 nitrogen and oxygen atoms in total. The molecule has 1 amide bonds. The van der Waals surface area contributed by atoms with Crippen molar-refractivity contribution >= 4 is 28.4 Å². The molecule has 0 saturated carbocycles. The van der Waals surface area contributed by atoms with E-state index in [4.69, 9.17) is 20.4 Å². The van der Waals surface area contributed by atoms with Crippen molar-refractivity contribution in [2.45, 2.75) is 25.8 Å². The van der Waals surface area contributed by atoms with Crippen LogP contribution in [0.4, 0.5) is 15.9 Å². The van der Waals surface area contributed by atoms with Gasteiger partial charge in [-0.1, -0.05) is 30.3 Å². The highest BCUT2D eigenvalue weighted by molar-refractivity contribution is 6.04. The SMILES string of the molecule is COc1nc2c(C(N)=O)cc(F)cc2n1-c1nc2c(c(NCc3ccccc3)n1)NCCCC2. The van der Waals surface area contributed by atoms with Crippen molar-refractivity contribution in [1.29, 1.82) is 0 Å². The zero-order valence-corrected chi connectivity index (χ0v) is 18.6. The minimum absolute atomic E-state index is 0.0362. The predicted octanol–water partition coefficient (Wildman–Crippen LogP) is 3.42. The van der Waals surface area contributed by atoms with Crippen molar-refractivity contribution in [3.8, 4) is 12.0 Å². The van der Waals surface area contributed by atoms with Gasteiger partial charge in [0, 0.05) is 19.2 Å². The molecule has 1 aliphatic rings. The molecule has 174 valence electrons. The number of methoxy groups -OCH3 is 1. The number of hydrogen-bond acceptors (Lipinski definition) is 7. The van der Waals surface area contributed by atoms with Gasteiger partial charge in [-0.15, -0.1) is 0 Å². The summed E-state index contributed by atoms with van der Waals surface area (Å²) in [5.41, 5.74) is 8.74. The van der Waals surface area contributed by atoms with Gasteiger partial charge in [-0.25, -0.2) is 13.9 Å². The van der Waals surface area contributed by atoms with Gasteiger partial charge in [0.1, 0.15) is 11.3 Å². The quantitative estimate of drug-likeness (QED) is 0.402. The number of nitrogens with two attached hydrogens (primary N) is 1. The Bertz CT molecular complexity index is 1370. The molecule has 3 heterocycles. The van der Waals surface area contributed by atoms with Gasteiger partial charge in [0.25, 0.3) is 5.91 Å². The lowest BCUT2D eigenvalue weighted by Crippen LogP contribution is -2.14. The van der Waals surface area contributed by atoms with Crippen LogP contribution in [0.1, 0.15) is 34.5 Å². The fourth-order valence-electron chi connectivity index (χ4n) is 4.14. The second-order valence-corrected chi connectivity index (χ2v) is 8.04. The lowest BCUT2D eigenvalue weighted by atomic mass is 10.1. The van der Waals surface area contributed by atoms with Gasteiger partial charge in [-0.3, -0.25) is 4.79 Å². The largest absolute Gasteiger partial charge is 0.468 e. The lowest BCUT2D eigenvalue weighted by Gasteiger charge is -2.17. The molecular formula is C24H24FN7O2. The van der Waals surface area contributed by atoms with Crippen LogP contribution in [-0.2, 0) is 13.0 Å². The number of carbonyl (C=O) groups excluding carboxylic acids is 1. The maximum absolute atomic E-state index is 14.4. The van der Waals surface area contributed by atoms with Crippen LogP contribution in [0.25, 0.3) is 17.0 Å². The van der Waals surface area contributed by atoms with E-state index >= 15 is 0 Å². The summed E-state index contributed by atoms with van der Waals surface area (Å²) in [5.74, 6) is -0.516. The summed E-state index contributed by atoms with van der Waals surface area (Å²) in [5, 5.41) is 6.85. The van der Waals surface area contributed by atoms with Gasteiger partial charge < -0.3 is 21.1 Å². The summed E-state index contributed by atoms with van der Waals surface area (Å²) in [6.07, 6.45) is 2.74. The normalized spacial score (nSPS) is 13.1. The molecule has 4 N–H and O–H groups in total. The number of rotatable bonds is 6. The molecule has 1 aliphatic heterocycles. The van der Waals surface area contributed by atoms with Crippen LogP contribution in [-0.4, -0.2) is 39.1 Å². The topological polar surface area (TPSA) is 120 Å². The number of imidazole rings is 1. The second-order valence-electron chi connectivity index (χ2n) is 8.04. The molecule has 5 rings (SSSR count). The first-order chi connectivity index (χ1) is 16.5. The summed E-state index contributed by atoms with van der Waals surface area (Å²) in [4.78, 5) is 25.9. The van der Waals surface area contributed by atoms with E-state index < -0.39 is 11.7 Å². The van der Waals surface area contributed by atoms with Crippen LogP contribution in [0.3, 0.4) is 0 Å². The van der Waals surface area contributed by atoms with Crippen molar-refractivity contribution in [2.24, 2.45) is 5.73 Å². The average Bonchev–Trinajstić information content (AvgIpc) is 3.03. The standard InChI is InChI=1S/C24H24FN7O2/c1-34-24-30-19-16(21(26)33)11-15(25)12-18(19)32(24)23-29-17-9-5-6-10-27-20(17)22(31-23)28-13-14-7-3-2-4-8-14/h2-4,7-8,11-12,27H,5-6,9-10,13H2,1H3,(H2,26,33)(H,28,29,31). The summed E-state index contributed by atoms with van der Waals surface area (Å²) >= 11 is 0. The number of aromatic nitrogens is 4. The van der Waals surface area contributed by atoms with Crippen molar-refractivity contribution in [1.82, 2.24) is 19.5 Å². The van der Waals surface area contributed by atoms with Gasteiger partial charge in [-0.2, -0.15) is 9.97 Å². The van der Waals surface area contributed by atoms with E-state index in [1.54, 1.807) is 0 Å². The number of benzene rings is 2. The zero-order valence-electron chi connectivity index (χ0n) is 18.6. The Morgan fingerprint density at radius 3 is 2.79 bits per heavy atom. The van der Waals surface area contributed by atoms with Crippen LogP contribution in [0.5, 0.6) is 6.01 Å². The van der Waals surface area contributed by atoms with Gasteiger partial charge in [0.15, 0.2) is 5.82 Å². The molecule has 2 aromatic heterocycles. The van der Waals surface area contributed by atoms with Crippen molar-refractivity contribution in [3.63, 3.8) is 0 Å². The molecule has 0 spiro atoms. The molecule has 34 heavy (non-hydrogen) atoms. The van der Waals surface area contributed by atoms with Gasteiger partial charge in [0.2, 0.25) is 5.95 Å². The fraction of sp³-hybridized carbons (Fsp3) is 0.250. The maximum atomic E-state index is 14.4. The van der Waals surface area contributed by atoms with E-state index in [1.807, 2.05) is 30.3 Å². The highest BCUT2D eigenvalue weighted by atomic mass is 19.1. The third kappa shape index (κ3) is 3.98. The van der Waals surface area contributed by atoms with E-state index in [0.717, 1.165) is 48.8 Å². The molecule has 0 aliphatic carbocycles. The number of amides is 1. The highest BCUT2D eigenvalue weighted by Gasteiger charge is 2.24. The number of fused-ring (bicyclic) bond motifs is 2. The minimum atomic E-state index is -0.783. The van der Waals surface area contributed by atoms with Gasteiger partial charge >= 0.3 is 6.01 Å².